The van der Waals surface area contributed by atoms with Crippen molar-refractivity contribution >= 4 is 5.97 Å². The van der Waals surface area contributed by atoms with Gasteiger partial charge in [-0.1, -0.05) is 25.7 Å². The Morgan fingerprint density at radius 2 is 1.60 bits per heavy atom. The van der Waals surface area contributed by atoms with Crippen LogP contribution < -0.4 is 34.7 Å². The molecule has 0 bridgehead atoms. The van der Waals surface area contributed by atoms with Crippen LogP contribution in [0.15, 0.2) is 0 Å². The number of aliphatic carboxylic acids is 1. The molecule has 2 atom stereocenters. The number of hydrogen-bond donors (Lipinski definition) is 1. The van der Waals surface area contributed by atoms with E-state index in [-0.39, 0.29) is 41.6 Å². The molecule has 0 aromatic heterocycles. The van der Waals surface area contributed by atoms with Crippen molar-refractivity contribution in [2.75, 3.05) is 0 Å². The second kappa shape index (κ2) is 8.57. The van der Waals surface area contributed by atoms with Crippen LogP contribution in [0.1, 0.15) is 51.4 Å². The summed E-state index contributed by atoms with van der Waals surface area (Å²) < 4.78 is 0. The number of carboxylic acid groups (broad SMARTS) is 1. The summed E-state index contributed by atoms with van der Waals surface area (Å²) in [6.07, 6.45) is 6.64. The van der Waals surface area contributed by atoms with E-state index in [1.807, 2.05) is 0 Å². The maximum absolute atomic E-state index is 10.7. The molecule has 1 rings (SSSR count). The zero-order valence-electron chi connectivity index (χ0n) is 9.58. The first-order chi connectivity index (χ1) is 6.70. The van der Waals surface area contributed by atoms with Crippen molar-refractivity contribution in [1.82, 2.24) is 0 Å². The molecule has 0 aromatic carbocycles. The van der Waals surface area contributed by atoms with Gasteiger partial charge >= 0.3 is 29.6 Å². The van der Waals surface area contributed by atoms with Crippen molar-refractivity contribution in [3.63, 3.8) is 0 Å². The van der Waals surface area contributed by atoms with E-state index in [1.165, 1.54) is 0 Å². The van der Waals surface area contributed by atoms with Gasteiger partial charge in [0.2, 0.25) is 0 Å². The van der Waals surface area contributed by atoms with Crippen molar-refractivity contribution < 1.29 is 44.6 Å². The number of carboxylic acids is 1. The summed E-state index contributed by atoms with van der Waals surface area (Å²) in [5, 5.41) is 20.2. The molecule has 2 unspecified atom stereocenters. The van der Waals surface area contributed by atoms with Gasteiger partial charge in [-0.25, -0.2) is 0 Å². The van der Waals surface area contributed by atoms with Crippen molar-refractivity contribution in [1.29, 1.82) is 0 Å². The van der Waals surface area contributed by atoms with Crippen LogP contribution in [0, 0.1) is 5.92 Å². The molecule has 1 fully saturated rings. The first-order valence-corrected chi connectivity index (χ1v) is 5.59. The topological polar surface area (TPSA) is 60.4 Å². The van der Waals surface area contributed by atoms with Crippen molar-refractivity contribution in [3.8, 4) is 0 Å². The van der Waals surface area contributed by atoms with Gasteiger partial charge < -0.3 is 15.0 Å². The largest absolute Gasteiger partial charge is 1.00 e. The smallest absolute Gasteiger partial charge is 0.550 e. The summed E-state index contributed by atoms with van der Waals surface area (Å²) in [7, 11) is 0. The Morgan fingerprint density at radius 3 is 2.20 bits per heavy atom. The van der Waals surface area contributed by atoms with E-state index in [1.54, 1.807) is 0 Å². The van der Waals surface area contributed by atoms with Gasteiger partial charge in [0, 0.05) is 5.97 Å². The van der Waals surface area contributed by atoms with E-state index in [2.05, 4.69) is 0 Å². The summed E-state index contributed by atoms with van der Waals surface area (Å²) in [4.78, 5) is 10.7. The van der Waals surface area contributed by atoms with Crippen LogP contribution in [0.3, 0.4) is 0 Å². The van der Waals surface area contributed by atoms with Gasteiger partial charge in [-0.2, -0.15) is 0 Å². The van der Waals surface area contributed by atoms with Crippen molar-refractivity contribution in [2.24, 2.45) is 5.92 Å². The van der Waals surface area contributed by atoms with Gasteiger partial charge in [-0.15, -0.1) is 0 Å². The van der Waals surface area contributed by atoms with Crippen LogP contribution in [0.25, 0.3) is 0 Å². The molecule has 0 amide bonds. The average Bonchev–Trinajstić information content (AvgIpc) is 2.15. The SMILES string of the molecule is O=C([O-])C1CCCCCCC(O)CC1.[Na+]. The molecular weight excluding hydrogens is 203 g/mol. The molecule has 0 aromatic rings. The Hall–Kier alpha value is 0.430. The van der Waals surface area contributed by atoms with Gasteiger partial charge in [-0.3, -0.25) is 0 Å². The number of aliphatic hydroxyl groups is 1. The van der Waals surface area contributed by atoms with E-state index < -0.39 is 5.97 Å². The van der Waals surface area contributed by atoms with E-state index in [0.717, 1.165) is 38.5 Å². The maximum atomic E-state index is 10.7. The third-order valence-corrected chi connectivity index (χ3v) is 3.02. The normalized spacial score (nSPS) is 28.9. The van der Waals surface area contributed by atoms with Gasteiger partial charge in [-0.05, 0) is 31.6 Å². The summed E-state index contributed by atoms with van der Waals surface area (Å²) in [6.45, 7) is 0. The second-order valence-corrected chi connectivity index (χ2v) is 4.24. The fraction of sp³-hybridized carbons (Fsp3) is 0.909. The standard InChI is InChI=1S/C11H20O3.Na/c12-10-6-4-2-1-3-5-9(7-8-10)11(13)14;/h9-10,12H,1-8H2,(H,13,14);/q;+1/p-1. The number of carbonyl (C=O) groups excluding carboxylic acids is 1. The van der Waals surface area contributed by atoms with Crippen LogP contribution in [-0.2, 0) is 4.79 Å². The molecule has 0 aliphatic heterocycles. The van der Waals surface area contributed by atoms with E-state index in [4.69, 9.17) is 0 Å². The quantitative estimate of drug-likeness (QED) is 0.515. The molecule has 0 spiro atoms. The second-order valence-electron chi connectivity index (χ2n) is 4.24. The number of rotatable bonds is 1. The number of hydrogen-bond acceptors (Lipinski definition) is 3. The third kappa shape index (κ3) is 6.56. The molecule has 15 heavy (non-hydrogen) atoms. The first kappa shape index (κ1) is 15.4. The third-order valence-electron chi connectivity index (χ3n) is 3.02. The Morgan fingerprint density at radius 1 is 1.00 bits per heavy atom. The van der Waals surface area contributed by atoms with Gasteiger partial charge in [0.05, 0.1) is 6.10 Å². The minimum atomic E-state index is -0.947. The predicted octanol–water partition coefficient (Wildman–Crippen LogP) is -2.15. The Kier molecular flexibility index (Phi) is 8.81. The maximum Gasteiger partial charge on any atom is 1.00 e. The number of carbonyl (C=O) groups is 1. The fourth-order valence-corrected chi connectivity index (χ4v) is 2.04. The molecule has 3 nitrogen and oxygen atoms in total. The molecule has 4 heteroatoms. The molecule has 1 N–H and O–H groups in total. The van der Waals surface area contributed by atoms with Crippen LogP contribution in [0.4, 0.5) is 0 Å². The summed E-state index contributed by atoms with van der Waals surface area (Å²) in [6, 6.07) is 0. The molecule has 1 saturated carbocycles. The molecule has 1 aliphatic rings. The Labute approximate surface area is 114 Å². The Bertz CT molecular complexity index is 185. The van der Waals surface area contributed by atoms with Crippen molar-refractivity contribution in [2.45, 2.75) is 57.5 Å². The summed E-state index contributed by atoms with van der Waals surface area (Å²) in [5.74, 6) is -1.29. The van der Waals surface area contributed by atoms with Crippen LogP contribution in [0.5, 0.6) is 0 Å². The first-order valence-electron chi connectivity index (χ1n) is 5.59. The minimum absolute atomic E-state index is 0. The van der Waals surface area contributed by atoms with E-state index >= 15 is 0 Å². The molecule has 0 radical (unpaired) electrons. The molecule has 0 saturated heterocycles. The molecule has 82 valence electrons. The van der Waals surface area contributed by atoms with Gasteiger partial charge in [0.1, 0.15) is 0 Å². The molecule has 0 heterocycles. The fourth-order valence-electron chi connectivity index (χ4n) is 2.04. The monoisotopic (exact) mass is 222 g/mol. The average molecular weight is 222 g/mol. The summed E-state index contributed by atoms with van der Waals surface area (Å²) in [5.41, 5.74) is 0. The van der Waals surface area contributed by atoms with Crippen LogP contribution in [0.2, 0.25) is 0 Å². The van der Waals surface area contributed by atoms with Crippen LogP contribution >= 0.6 is 0 Å². The zero-order valence-corrected chi connectivity index (χ0v) is 11.6. The van der Waals surface area contributed by atoms with Crippen molar-refractivity contribution in [3.05, 3.63) is 0 Å². The van der Waals surface area contributed by atoms with Gasteiger partial charge in [0.15, 0.2) is 0 Å². The molecular formula is C11H19NaO3. The predicted molar refractivity (Wildman–Crippen MR) is 51.4 cm³/mol. The van der Waals surface area contributed by atoms with E-state index in [9.17, 15) is 15.0 Å². The minimum Gasteiger partial charge on any atom is -0.550 e. The Balaban J connectivity index is 0.00000196. The zero-order chi connectivity index (χ0) is 10.4. The van der Waals surface area contributed by atoms with Crippen LogP contribution in [-0.4, -0.2) is 17.2 Å². The van der Waals surface area contributed by atoms with Gasteiger partial charge in [0.25, 0.3) is 0 Å². The number of aliphatic hydroxyl groups excluding tert-OH is 1. The molecule has 1 aliphatic carbocycles. The summed E-state index contributed by atoms with van der Waals surface area (Å²) >= 11 is 0. The van der Waals surface area contributed by atoms with E-state index in [0.29, 0.717) is 12.8 Å².